The lowest BCUT2D eigenvalue weighted by molar-refractivity contribution is -0.124. The lowest BCUT2D eigenvalue weighted by Crippen LogP contribution is -2.26. The van der Waals surface area contributed by atoms with Gasteiger partial charge in [0.25, 0.3) is 5.91 Å². The summed E-state index contributed by atoms with van der Waals surface area (Å²) in [7, 11) is 1.60. The third-order valence-corrected chi connectivity index (χ3v) is 2.80. The fraction of sp³-hybridized carbons (Fsp3) is 0.467. The Hall–Kier alpha value is -1.72. The molecule has 110 valence electrons. The van der Waals surface area contributed by atoms with Crippen molar-refractivity contribution in [2.45, 2.75) is 26.1 Å². The number of carbonyl (C=O) groups excluding carboxylic acids is 2. The van der Waals surface area contributed by atoms with Crippen LogP contribution in [0.1, 0.15) is 40.5 Å². The van der Waals surface area contributed by atoms with E-state index in [9.17, 15) is 9.59 Å². The fourth-order valence-corrected chi connectivity index (χ4v) is 1.78. The van der Waals surface area contributed by atoms with E-state index in [4.69, 9.17) is 9.47 Å². The standard InChI is InChI=1S/C15H21NO4/c1-3-20-14(19-2)8-5-9-16-15(18)13-7-4-6-12(10-13)11-17/h4,6-7,10-11,14H,3,5,8-9H2,1-2H3,(H,16,18). The van der Waals surface area contributed by atoms with E-state index in [-0.39, 0.29) is 12.2 Å². The SMILES string of the molecule is CCOC(CCCNC(=O)c1cccc(C=O)c1)OC. The summed E-state index contributed by atoms with van der Waals surface area (Å²) in [5, 5.41) is 2.81. The molecule has 1 aromatic carbocycles. The van der Waals surface area contributed by atoms with Gasteiger partial charge in [-0.2, -0.15) is 0 Å². The third-order valence-electron chi connectivity index (χ3n) is 2.80. The van der Waals surface area contributed by atoms with Gasteiger partial charge in [-0.1, -0.05) is 12.1 Å². The maximum atomic E-state index is 11.9. The maximum absolute atomic E-state index is 11.9. The molecule has 1 aromatic rings. The van der Waals surface area contributed by atoms with Crippen molar-refractivity contribution in [3.05, 3.63) is 35.4 Å². The Bertz CT molecular complexity index is 434. The molecule has 5 nitrogen and oxygen atoms in total. The molecule has 0 saturated carbocycles. The van der Waals surface area contributed by atoms with Gasteiger partial charge in [0, 0.05) is 37.8 Å². The van der Waals surface area contributed by atoms with Gasteiger partial charge in [0.15, 0.2) is 6.29 Å². The Labute approximate surface area is 119 Å². The molecule has 0 bridgehead atoms. The minimum Gasteiger partial charge on any atom is -0.356 e. The number of aldehydes is 1. The van der Waals surface area contributed by atoms with Crippen LogP contribution in [0.3, 0.4) is 0 Å². The van der Waals surface area contributed by atoms with Gasteiger partial charge >= 0.3 is 0 Å². The van der Waals surface area contributed by atoms with Crippen molar-refractivity contribution in [3.63, 3.8) is 0 Å². The van der Waals surface area contributed by atoms with E-state index >= 15 is 0 Å². The molecule has 0 spiro atoms. The first-order chi connectivity index (χ1) is 9.71. The quantitative estimate of drug-likeness (QED) is 0.427. The Morgan fingerprint density at radius 3 is 2.90 bits per heavy atom. The largest absolute Gasteiger partial charge is 0.356 e. The van der Waals surface area contributed by atoms with Crippen LogP contribution in [0.25, 0.3) is 0 Å². The van der Waals surface area contributed by atoms with Gasteiger partial charge in [0.1, 0.15) is 6.29 Å². The van der Waals surface area contributed by atoms with Gasteiger partial charge in [-0.05, 0) is 25.5 Å². The third kappa shape index (κ3) is 5.50. The highest BCUT2D eigenvalue weighted by atomic mass is 16.7. The van der Waals surface area contributed by atoms with Crippen molar-refractivity contribution >= 4 is 12.2 Å². The molecule has 1 amide bonds. The number of nitrogens with one attached hydrogen (secondary N) is 1. The van der Waals surface area contributed by atoms with Crippen molar-refractivity contribution in [2.75, 3.05) is 20.3 Å². The monoisotopic (exact) mass is 279 g/mol. The van der Waals surface area contributed by atoms with E-state index in [0.29, 0.717) is 24.3 Å². The molecule has 0 aromatic heterocycles. The highest BCUT2D eigenvalue weighted by Gasteiger charge is 2.08. The molecule has 0 aliphatic heterocycles. The first-order valence-electron chi connectivity index (χ1n) is 6.69. The van der Waals surface area contributed by atoms with Crippen LogP contribution in [-0.4, -0.2) is 38.7 Å². The Balaban J connectivity index is 2.34. The summed E-state index contributed by atoms with van der Waals surface area (Å²) in [6, 6.07) is 6.60. The van der Waals surface area contributed by atoms with Crippen molar-refractivity contribution in [1.82, 2.24) is 5.32 Å². The lowest BCUT2D eigenvalue weighted by atomic mass is 10.1. The highest BCUT2D eigenvalue weighted by molar-refractivity contribution is 5.95. The van der Waals surface area contributed by atoms with Crippen LogP contribution in [0, 0.1) is 0 Å². The topological polar surface area (TPSA) is 64.6 Å². The molecule has 0 saturated heterocycles. The summed E-state index contributed by atoms with van der Waals surface area (Å²) in [5.41, 5.74) is 0.983. The first kappa shape index (κ1) is 16.3. The second-order valence-corrected chi connectivity index (χ2v) is 4.26. The number of ether oxygens (including phenoxy) is 2. The zero-order chi connectivity index (χ0) is 14.8. The molecule has 0 heterocycles. The number of benzene rings is 1. The molecular weight excluding hydrogens is 258 g/mol. The lowest BCUT2D eigenvalue weighted by Gasteiger charge is -2.14. The van der Waals surface area contributed by atoms with Crippen LogP contribution in [0.4, 0.5) is 0 Å². The number of rotatable bonds is 9. The zero-order valence-electron chi connectivity index (χ0n) is 11.9. The van der Waals surface area contributed by atoms with E-state index in [1.54, 1.807) is 31.4 Å². The van der Waals surface area contributed by atoms with Crippen molar-refractivity contribution in [3.8, 4) is 0 Å². The second kappa shape index (κ2) is 9.23. The smallest absolute Gasteiger partial charge is 0.251 e. The summed E-state index contributed by atoms with van der Waals surface area (Å²) < 4.78 is 10.5. The molecule has 1 N–H and O–H groups in total. The average Bonchev–Trinajstić information content (AvgIpc) is 2.50. The molecule has 0 aliphatic rings. The van der Waals surface area contributed by atoms with Gasteiger partial charge in [0.2, 0.25) is 0 Å². The van der Waals surface area contributed by atoms with Crippen molar-refractivity contribution in [2.24, 2.45) is 0 Å². The summed E-state index contributed by atoms with van der Waals surface area (Å²) in [6.07, 6.45) is 1.98. The molecule has 20 heavy (non-hydrogen) atoms. The summed E-state index contributed by atoms with van der Waals surface area (Å²) in [5.74, 6) is -0.181. The number of hydrogen-bond donors (Lipinski definition) is 1. The van der Waals surface area contributed by atoms with Crippen LogP contribution < -0.4 is 5.32 Å². The van der Waals surface area contributed by atoms with Crippen molar-refractivity contribution in [1.29, 1.82) is 0 Å². The van der Waals surface area contributed by atoms with Gasteiger partial charge in [-0.15, -0.1) is 0 Å². The normalized spacial score (nSPS) is 11.9. The van der Waals surface area contributed by atoms with Crippen molar-refractivity contribution < 1.29 is 19.1 Å². The van der Waals surface area contributed by atoms with Gasteiger partial charge < -0.3 is 14.8 Å². The molecule has 0 fully saturated rings. The molecule has 0 radical (unpaired) electrons. The number of hydrogen-bond acceptors (Lipinski definition) is 4. The average molecular weight is 279 g/mol. The highest BCUT2D eigenvalue weighted by Crippen LogP contribution is 2.05. The van der Waals surface area contributed by atoms with Gasteiger partial charge in [0.05, 0.1) is 0 Å². The van der Waals surface area contributed by atoms with Crippen LogP contribution in [0.15, 0.2) is 24.3 Å². The van der Waals surface area contributed by atoms with E-state index in [1.807, 2.05) is 6.92 Å². The summed E-state index contributed by atoms with van der Waals surface area (Å²) in [6.45, 7) is 3.05. The van der Waals surface area contributed by atoms with E-state index in [0.717, 1.165) is 19.1 Å². The molecule has 5 heteroatoms. The molecule has 1 rings (SSSR count). The van der Waals surface area contributed by atoms with E-state index in [2.05, 4.69) is 5.32 Å². The molecular formula is C15H21NO4. The van der Waals surface area contributed by atoms with Crippen LogP contribution in [0.2, 0.25) is 0 Å². The van der Waals surface area contributed by atoms with Gasteiger partial charge in [-0.25, -0.2) is 0 Å². The number of methoxy groups -OCH3 is 1. The van der Waals surface area contributed by atoms with Crippen LogP contribution in [-0.2, 0) is 9.47 Å². The predicted octanol–water partition coefficient (Wildman–Crippen LogP) is 2.02. The van der Waals surface area contributed by atoms with Gasteiger partial charge in [-0.3, -0.25) is 9.59 Å². The minimum atomic E-state index is -0.227. The first-order valence-corrected chi connectivity index (χ1v) is 6.69. The Kier molecular flexibility index (Phi) is 7.54. The molecule has 1 atom stereocenters. The maximum Gasteiger partial charge on any atom is 0.251 e. The van der Waals surface area contributed by atoms with Crippen LogP contribution >= 0.6 is 0 Å². The molecule has 1 unspecified atom stereocenters. The van der Waals surface area contributed by atoms with Crippen LogP contribution in [0.5, 0.6) is 0 Å². The molecule has 0 aliphatic carbocycles. The second-order valence-electron chi connectivity index (χ2n) is 4.26. The minimum absolute atomic E-state index is 0.181. The Morgan fingerprint density at radius 1 is 1.45 bits per heavy atom. The fourth-order valence-electron chi connectivity index (χ4n) is 1.78. The Morgan fingerprint density at radius 2 is 2.25 bits per heavy atom. The zero-order valence-corrected chi connectivity index (χ0v) is 11.9. The van der Waals surface area contributed by atoms with E-state index in [1.165, 1.54) is 0 Å². The number of carbonyl (C=O) groups is 2. The number of amides is 1. The summed E-state index contributed by atoms with van der Waals surface area (Å²) >= 11 is 0. The summed E-state index contributed by atoms with van der Waals surface area (Å²) in [4.78, 5) is 22.5. The predicted molar refractivity (Wildman–Crippen MR) is 75.8 cm³/mol. The van der Waals surface area contributed by atoms with E-state index < -0.39 is 0 Å².